The monoisotopic (exact) mass is 309 g/mol. The molecule has 0 radical (unpaired) electrons. The minimum atomic E-state index is 0.392. The van der Waals surface area contributed by atoms with E-state index >= 15 is 0 Å². The molecule has 1 aromatic rings. The Kier molecular flexibility index (Phi) is 6.53. The highest BCUT2D eigenvalue weighted by atomic mass is 35.5. The third kappa shape index (κ3) is 4.45. The summed E-state index contributed by atoms with van der Waals surface area (Å²) in [7, 11) is 0. The third-order valence-corrected chi connectivity index (χ3v) is 4.84. The lowest BCUT2D eigenvalue weighted by molar-refractivity contribution is 0.0775. The van der Waals surface area contributed by atoms with Crippen LogP contribution in [0.2, 0.25) is 5.02 Å². The summed E-state index contributed by atoms with van der Waals surface area (Å²) in [5.74, 6) is 0.596. The van der Waals surface area contributed by atoms with E-state index in [1.807, 2.05) is 0 Å². The second-order valence-corrected chi connectivity index (χ2v) is 6.54. The van der Waals surface area contributed by atoms with Crippen molar-refractivity contribution in [2.75, 3.05) is 13.2 Å². The Morgan fingerprint density at radius 3 is 2.86 bits per heavy atom. The van der Waals surface area contributed by atoms with Gasteiger partial charge in [-0.05, 0) is 56.3 Å². The molecule has 0 aliphatic carbocycles. The van der Waals surface area contributed by atoms with E-state index in [9.17, 15) is 0 Å². The predicted octanol–water partition coefficient (Wildman–Crippen LogP) is 4.37. The van der Waals surface area contributed by atoms with Crippen molar-refractivity contribution >= 4 is 11.6 Å². The molecule has 0 spiro atoms. The van der Waals surface area contributed by atoms with E-state index in [1.165, 1.54) is 11.1 Å². The molecule has 3 atom stereocenters. The number of hydrogen-bond donors (Lipinski definition) is 1. The van der Waals surface area contributed by atoms with Crippen LogP contribution >= 0.6 is 11.6 Å². The van der Waals surface area contributed by atoms with Crippen molar-refractivity contribution in [2.45, 2.75) is 58.6 Å². The van der Waals surface area contributed by atoms with Crippen molar-refractivity contribution in [3.05, 3.63) is 34.3 Å². The predicted molar refractivity (Wildman–Crippen MR) is 90.1 cm³/mol. The second kappa shape index (κ2) is 8.17. The summed E-state index contributed by atoms with van der Waals surface area (Å²) in [6.45, 7) is 8.47. The number of ether oxygens (including phenoxy) is 1. The maximum absolute atomic E-state index is 6.43. The first kappa shape index (κ1) is 16.8. The van der Waals surface area contributed by atoms with Gasteiger partial charge in [0.15, 0.2) is 0 Å². The first-order chi connectivity index (χ1) is 10.2. The summed E-state index contributed by atoms with van der Waals surface area (Å²) < 4.78 is 5.89. The molecule has 3 unspecified atom stereocenters. The molecular formula is C18H28ClNO. The van der Waals surface area contributed by atoms with Gasteiger partial charge in [-0.15, -0.1) is 0 Å². The SMILES string of the molecule is CCCNC(Cc1ccc(C)cc1Cl)C1CCOC1CC. The van der Waals surface area contributed by atoms with Gasteiger partial charge in [0.2, 0.25) is 0 Å². The Hall–Kier alpha value is -0.570. The van der Waals surface area contributed by atoms with Crippen molar-refractivity contribution in [3.8, 4) is 0 Å². The minimum absolute atomic E-state index is 0.392. The van der Waals surface area contributed by atoms with E-state index in [-0.39, 0.29) is 0 Å². The van der Waals surface area contributed by atoms with Crippen LogP contribution in [-0.2, 0) is 11.2 Å². The molecule has 1 N–H and O–H groups in total. The fourth-order valence-electron chi connectivity index (χ4n) is 3.31. The topological polar surface area (TPSA) is 21.3 Å². The average molecular weight is 310 g/mol. The van der Waals surface area contributed by atoms with Gasteiger partial charge in [-0.25, -0.2) is 0 Å². The number of benzene rings is 1. The first-order valence-corrected chi connectivity index (χ1v) is 8.63. The van der Waals surface area contributed by atoms with E-state index in [2.05, 4.69) is 44.3 Å². The molecule has 118 valence electrons. The Morgan fingerprint density at radius 2 is 2.19 bits per heavy atom. The van der Waals surface area contributed by atoms with Gasteiger partial charge < -0.3 is 10.1 Å². The van der Waals surface area contributed by atoms with Gasteiger partial charge in [-0.1, -0.05) is 37.6 Å². The molecule has 1 saturated heterocycles. The van der Waals surface area contributed by atoms with Gasteiger partial charge in [0.25, 0.3) is 0 Å². The summed E-state index contributed by atoms with van der Waals surface area (Å²) in [6, 6.07) is 6.85. The van der Waals surface area contributed by atoms with E-state index < -0.39 is 0 Å². The normalized spacial score (nSPS) is 23.4. The fourth-order valence-corrected chi connectivity index (χ4v) is 3.62. The Balaban J connectivity index is 2.11. The highest BCUT2D eigenvalue weighted by molar-refractivity contribution is 6.31. The van der Waals surface area contributed by atoms with E-state index in [0.29, 0.717) is 18.1 Å². The van der Waals surface area contributed by atoms with Crippen LogP contribution in [0, 0.1) is 12.8 Å². The number of hydrogen-bond acceptors (Lipinski definition) is 2. The molecular weight excluding hydrogens is 282 g/mol. The van der Waals surface area contributed by atoms with Gasteiger partial charge in [-0.2, -0.15) is 0 Å². The van der Waals surface area contributed by atoms with Crippen molar-refractivity contribution < 1.29 is 4.74 Å². The molecule has 1 aromatic carbocycles. The van der Waals surface area contributed by atoms with Crippen LogP contribution < -0.4 is 5.32 Å². The molecule has 1 aliphatic rings. The smallest absolute Gasteiger partial charge is 0.0616 e. The lowest BCUT2D eigenvalue weighted by Crippen LogP contribution is -2.42. The van der Waals surface area contributed by atoms with E-state index in [0.717, 1.165) is 43.9 Å². The third-order valence-electron chi connectivity index (χ3n) is 4.48. The number of nitrogens with one attached hydrogen (secondary N) is 1. The molecule has 2 rings (SSSR count). The van der Waals surface area contributed by atoms with Gasteiger partial charge >= 0.3 is 0 Å². The summed E-state index contributed by atoms with van der Waals surface area (Å²) >= 11 is 6.43. The first-order valence-electron chi connectivity index (χ1n) is 8.25. The summed E-state index contributed by atoms with van der Waals surface area (Å²) in [5, 5.41) is 4.62. The largest absolute Gasteiger partial charge is 0.378 e. The van der Waals surface area contributed by atoms with Crippen molar-refractivity contribution in [2.24, 2.45) is 5.92 Å². The highest BCUT2D eigenvalue weighted by Gasteiger charge is 2.33. The molecule has 0 bridgehead atoms. The van der Waals surface area contributed by atoms with Crippen LogP contribution in [-0.4, -0.2) is 25.3 Å². The summed E-state index contributed by atoms with van der Waals surface area (Å²) in [5.41, 5.74) is 2.47. The van der Waals surface area contributed by atoms with Gasteiger partial charge in [-0.3, -0.25) is 0 Å². The van der Waals surface area contributed by atoms with E-state index in [1.54, 1.807) is 0 Å². The van der Waals surface area contributed by atoms with Gasteiger partial charge in [0.05, 0.1) is 6.10 Å². The quantitative estimate of drug-likeness (QED) is 0.807. The highest BCUT2D eigenvalue weighted by Crippen LogP contribution is 2.30. The van der Waals surface area contributed by atoms with Crippen LogP contribution in [0.25, 0.3) is 0 Å². The van der Waals surface area contributed by atoms with E-state index in [4.69, 9.17) is 16.3 Å². The molecule has 0 saturated carbocycles. The Bertz CT molecular complexity index is 449. The zero-order chi connectivity index (χ0) is 15.2. The zero-order valence-corrected chi connectivity index (χ0v) is 14.2. The molecule has 1 fully saturated rings. The van der Waals surface area contributed by atoms with Crippen LogP contribution in [0.3, 0.4) is 0 Å². The molecule has 0 aromatic heterocycles. The average Bonchev–Trinajstić information content (AvgIpc) is 2.94. The summed E-state index contributed by atoms with van der Waals surface area (Å²) in [4.78, 5) is 0. The molecule has 21 heavy (non-hydrogen) atoms. The number of halogens is 1. The van der Waals surface area contributed by atoms with Crippen LogP contribution in [0.5, 0.6) is 0 Å². The molecule has 1 aliphatic heterocycles. The fraction of sp³-hybridized carbons (Fsp3) is 0.667. The van der Waals surface area contributed by atoms with Crippen LogP contribution in [0.1, 0.15) is 44.2 Å². The van der Waals surface area contributed by atoms with Crippen molar-refractivity contribution in [3.63, 3.8) is 0 Å². The molecule has 0 amide bonds. The number of aryl methyl sites for hydroxylation is 1. The molecule has 1 heterocycles. The summed E-state index contributed by atoms with van der Waals surface area (Å²) in [6.07, 6.45) is 4.79. The van der Waals surface area contributed by atoms with Crippen LogP contribution in [0.15, 0.2) is 18.2 Å². The maximum Gasteiger partial charge on any atom is 0.0616 e. The Labute approximate surface area is 134 Å². The van der Waals surface area contributed by atoms with Crippen molar-refractivity contribution in [1.29, 1.82) is 0 Å². The second-order valence-electron chi connectivity index (χ2n) is 6.13. The van der Waals surface area contributed by atoms with Crippen molar-refractivity contribution in [1.82, 2.24) is 5.32 Å². The van der Waals surface area contributed by atoms with Gasteiger partial charge in [0, 0.05) is 23.6 Å². The number of rotatable bonds is 7. The maximum atomic E-state index is 6.43. The minimum Gasteiger partial charge on any atom is -0.378 e. The molecule has 2 nitrogen and oxygen atoms in total. The lowest BCUT2D eigenvalue weighted by atomic mass is 9.87. The Morgan fingerprint density at radius 1 is 1.38 bits per heavy atom. The standard InChI is InChI=1S/C18H28ClNO/c1-4-9-20-17(15-8-10-21-18(15)5-2)12-14-7-6-13(3)11-16(14)19/h6-7,11,15,17-18,20H,4-5,8-10,12H2,1-3H3. The van der Waals surface area contributed by atoms with Crippen LogP contribution in [0.4, 0.5) is 0 Å². The molecule has 3 heteroatoms. The lowest BCUT2D eigenvalue weighted by Gasteiger charge is -2.28. The zero-order valence-electron chi connectivity index (χ0n) is 13.5. The van der Waals surface area contributed by atoms with Gasteiger partial charge in [0.1, 0.15) is 0 Å².